The summed E-state index contributed by atoms with van der Waals surface area (Å²) in [6.07, 6.45) is -0.786. The van der Waals surface area contributed by atoms with Crippen LogP contribution in [0.15, 0.2) is 40.8 Å². The zero-order chi connectivity index (χ0) is 25.4. The highest BCUT2D eigenvalue weighted by molar-refractivity contribution is 5.69. The molecule has 1 unspecified atom stereocenters. The van der Waals surface area contributed by atoms with Gasteiger partial charge in [-0.3, -0.25) is 0 Å². The van der Waals surface area contributed by atoms with Crippen LogP contribution in [0.5, 0.6) is 5.75 Å². The lowest BCUT2D eigenvalue weighted by atomic mass is 9.78. The number of anilines is 1. The highest BCUT2D eigenvalue weighted by Gasteiger charge is 2.28. The lowest BCUT2D eigenvalue weighted by molar-refractivity contribution is 0.101. The third-order valence-corrected chi connectivity index (χ3v) is 6.05. The van der Waals surface area contributed by atoms with Gasteiger partial charge in [0.2, 0.25) is 5.89 Å². The molecule has 2 aromatic carbocycles. The van der Waals surface area contributed by atoms with E-state index in [0.717, 1.165) is 39.4 Å². The Labute approximate surface area is 202 Å². The number of aromatic hydroxyl groups is 1. The quantitative estimate of drug-likeness (QED) is 0.450. The highest BCUT2D eigenvalue weighted by atomic mass is 16.4. The number of aryl methyl sites for hydroxylation is 1. The Bertz CT molecular complexity index is 1100. The molecule has 3 rings (SSSR count). The van der Waals surface area contributed by atoms with Gasteiger partial charge < -0.3 is 24.6 Å². The Morgan fingerprint density at radius 2 is 1.47 bits per heavy atom. The summed E-state index contributed by atoms with van der Waals surface area (Å²) in [5.74, 6) is 1.57. The largest absolute Gasteiger partial charge is 0.507 e. The van der Waals surface area contributed by atoms with Crippen molar-refractivity contribution < 1.29 is 19.7 Å². The second-order valence-electron chi connectivity index (χ2n) is 11.1. The van der Waals surface area contributed by atoms with Gasteiger partial charge in [-0.25, -0.2) is 4.98 Å². The molecule has 0 amide bonds. The van der Waals surface area contributed by atoms with Crippen LogP contribution in [-0.2, 0) is 10.8 Å². The van der Waals surface area contributed by atoms with E-state index < -0.39 is 6.10 Å². The number of hydrogen-bond donors (Lipinski definition) is 3. The third kappa shape index (κ3) is 5.45. The molecule has 0 saturated heterocycles. The predicted molar refractivity (Wildman–Crippen MR) is 138 cm³/mol. The molecule has 0 aliphatic heterocycles. The van der Waals surface area contributed by atoms with Crippen molar-refractivity contribution in [1.82, 2.24) is 4.98 Å². The summed E-state index contributed by atoms with van der Waals surface area (Å²) in [7, 11) is 1.87. The minimum Gasteiger partial charge on any atom is -0.507 e. The van der Waals surface area contributed by atoms with Gasteiger partial charge in [0.15, 0.2) is 0 Å². The number of nitrogens with zero attached hydrogens (tertiary/aromatic N) is 2. The van der Waals surface area contributed by atoms with Crippen LogP contribution in [0.4, 0.5) is 5.69 Å². The van der Waals surface area contributed by atoms with Gasteiger partial charge in [-0.1, -0.05) is 53.7 Å². The number of aromatic nitrogens is 1. The molecule has 3 aromatic rings. The number of benzene rings is 2. The number of likely N-dealkylation sites (N-methyl/N-ethyl adjacent to an activating group) is 1. The summed E-state index contributed by atoms with van der Waals surface area (Å²) in [5.41, 5.74) is 4.72. The predicted octanol–water partition coefficient (Wildman–Crippen LogP) is 5.41. The number of oxazole rings is 1. The maximum absolute atomic E-state index is 11.0. The molecule has 0 fully saturated rings. The van der Waals surface area contributed by atoms with Crippen molar-refractivity contribution in [2.45, 2.75) is 65.4 Å². The molecule has 0 radical (unpaired) electrons. The Kier molecular flexibility index (Phi) is 7.15. The minimum absolute atomic E-state index is 0.240. The van der Waals surface area contributed by atoms with E-state index >= 15 is 0 Å². The van der Waals surface area contributed by atoms with Crippen LogP contribution in [0.25, 0.3) is 22.7 Å². The van der Waals surface area contributed by atoms with Crippen molar-refractivity contribution in [1.29, 1.82) is 0 Å². The first-order valence-electron chi connectivity index (χ1n) is 11.7. The molecule has 0 bridgehead atoms. The monoisotopic (exact) mass is 466 g/mol. The van der Waals surface area contributed by atoms with Gasteiger partial charge in [-0.2, -0.15) is 0 Å². The summed E-state index contributed by atoms with van der Waals surface area (Å²) >= 11 is 0. The second-order valence-corrected chi connectivity index (χ2v) is 11.1. The van der Waals surface area contributed by atoms with Gasteiger partial charge in [-0.15, -0.1) is 0 Å². The normalized spacial score (nSPS) is 13.2. The summed E-state index contributed by atoms with van der Waals surface area (Å²) in [4.78, 5) is 6.72. The van der Waals surface area contributed by atoms with E-state index in [1.807, 2.05) is 55.3 Å². The van der Waals surface area contributed by atoms with E-state index in [1.165, 1.54) is 0 Å². The van der Waals surface area contributed by atoms with Gasteiger partial charge in [0.1, 0.15) is 17.2 Å². The molecule has 1 atom stereocenters. The Morgan fingerprint density at radius 1 is 0.941 bits per heavy atom. The molecule has 3 N–H and O–H groups in total. The Balaban J connectivity index is 2.01. The first-order chi connectivity index (χ1) is 15.7. The van der Waals surface area contributed by atoms with Crippen LogP contribution < -0.4 is 4.90 Å². The first-order valence-corrected chi connectivity index (χ1v) is 11.7. The molecule has 6 nitrogen and oxygen atoms in total. The molecular weight excluding hydrogens is 428 g/mol. The number of rotatable bonds is 6. The molecule has 1 heterocycles. The fraction of sp³-hybridized carbons (Fsp3) is 0.464. The van der Waals surface area contributed by atoms with Crippen molar-refractivity contribution in [3.05, 3.63) is 53.3 Å². The summed E-state index contributed by atoms with van der Waals surface area (Å²) < 4.78 is 6.11. The number of hydrogen-bond acceptors (Lipinski definition) is 6. The van der Waals surface area contributed by atoms with Crippen molar-refractivity contribution in [2.24, 2.45) is 0 Å². The number of aliphatic hydroxyl groups excluding tert-OH is 2. The van der Waals surface area contributed by atoms with Gasteiger partial charge in [0.25, 0.3) is 0 Å². The van der Waals surface area contributed by atoms with E-state index in [4.69, 9.17) is 14.5 Å². The van der Waals surface area contributed by atoms with Crippen molar-refractivity contribution >= 4 is 5.69 Å². The van der Waals surface area contributed by atoms with Crippen LogP contribution in [0.1, 0.15) is 58.4 Å². The Hall–Kier alpha value is -2.83. The van der Waals surface area contributed by atoms with E-state index in [-0.39, 0.29) is 17.4 Å². The molecule has 1 aromatic heterocycles. The van der Waals surface area contributed by atoms with E-state index in [2.05, 4.69) is 41.5 Å². The third-order valence-electron chi connectivity index (χ3n) is 6.05. The topological polar surface area (TPSA) is 90.0 Å². The molecular formula is C28H38N2O4. The van der Waals surface area contributed by atoms with E-state index in [1.54, 1.807) is 0 Å². The van der Waals surface area contributed by atoms with Crippen LogP contribution in [0.3, 0.4) is 0 Å². The molecule has 0 aliphatic rings. The van der Waals surface area contributed by atoms with Gasteiger partial charge in [0, 0.05) is 41.5 Å². The zero-order valence-corrected chi connectivity index (χ0v) is 21.6. The molecule has 0 aliphatic carbocycles. The smallest absolute Gasteiger partial charge is 0.226 e. The first kappa shape index (κ1) is 25.8. The van der Waals surface area contributed by atoms with Gasteiger partial charge >= 0.3 is 0 Å². The SMILES string of the molecule is Cc1oc(-c2cc(C(C)(C)C)c(O)c(C(C)(C)C)c2)nc1-c1ccc(N(C)CC(O)CO)cc1. The summed E-state index contributed by atoms with van der Waals surface area (Å²) in [6, 6.07) is 11.8. The fourth-order valence-electron chi connectivity index (χ4n) is 4.04. The molecule has 0 spiro atoms. The van der Waals surface area contributed by atoms with Crippen LogP contribution in [-0.4, -0.2) is 46.6 Å². The summed E-state index contributed by atoms with van der Waals surface area (Å²) in [6.45, 7) is 14.5. The van der Waals surface area contributed by atoms with Crippen LogP contribution in [0, 0.1) is 6.92 Å². The maximum atomic E-state index is 11.0. The van der Waals surface area contributed by atoms with Crippen molar-refractivity contribution in [3.63, 3.8) is 0 Å². The lowest BCUT2D eigenvalue weighted by Crippen LogP contribution is -2.31. The maximum Gasteiger partial charge on any atom is 0.226 e. The van der Waals surface area contributed by atoms with Crippen molar-refractivity contribution in [3.8, 4) is 28.5 Å². The highest BCUT2D eigenvalue weighted by Crippen LogP contribution is 2.42. The number of aliphatic hydroxyl groups is 2. The van der Waals surface area contributed by atoms with Gasteiger partial charge in [-0.05, 0) is 42.0 Å². The molecule has 184 valence electrons. The molecule has 34 heavy (non-hydrogen) atoms. The molecule has 6 heteroatoms. The Morgan fingerprint density at radius 3 is 1.94 bits per heavy atom. The standard InChI is InChI=1S/C28H38N2O4/c1-17-24(18-9-11-20(12-10-18)30(8)15-21(32)16-31)29-26(34-17)19-13-22(27(2,3)4)25(33)23(14-19)28(5,6)7/h9-14,21,31-33H,15-16H2,1-8H3. The fourth-order valence-corrected chi connectivity index (χ4v) is 4.04. The van der Waals surface area contributed by atoms with Crippen molar-refractivity contribution in [2.75, 3.05) is 25.1 Å². The number of phenolic OH excluding ortho intramolecular Hbond substituents is 1. The van der Waals surface area contributed by atoms with Gasteiger partial charge in [0.05, 0.1) is 12.7 Å². The molecule has 0 saturated carbocycles. The van der Waals surface area contributed by atoms with Crippen LogP contribution in [0.2, 0.25) is 0 Å². The minimum atomic E-state index is -0.786. The average molecular weight is 467 g/mol. The van der Waals surface area contributed by atoms with E-state index in [9.17, 15) is 10.2 Å². The number of phenols is 1. The zero-order valence-electron chi connectivity index (χ0n) is 21.6. The van der Waals surface area contributed by atoms with Crippen LogP contribution >= 0.6 is 0 Å². The second kappa shape index (κ2) is 9.43. The average Bonchev–Trinajstić information content (AvgIpc) is 3.13. The lowest BCUT2D eigenvalue weighted by Gasteiger charge is -2.27. The van der Waals surface area contributed by atoms with E-state index in [0.29, 0.717) is 18.2 Å². The summed E-state index contributed by atoms with van der Waals surface area (Å²) in [5, 5.41) is 29.8.